The number of rotatable bonds is 8. The predicted octanol–water partition coefficient (Wildman–Crippen LogP) is -0.259. The van der Waals surface area contributed by atoms with Crippen LogP contribution < -0.4 is 10.6 Å². The van der Waals surface area contributed by atoms with Gasteiger partial charge in [-0.2, -0.15) is 0 Å². The Kier molecular flexibility index (Phi) is 8.84. The van der Waals surface area contributed by atoms with Gasteiger partial charge in [0, 0.05) is 40.3 Å². The molecule has 0 aromatic rings. The normalized spacial score (nSPS) is 19.3. The fourth-order valence-corrected chi connectivity index (χ4v) is 2.49. The molecule has 1 amide bonds. The average Bonchev–Trinajstić information content (AvgIpc) is 2.96. The molecular weight excluding hydrogens is 282 g/mol. The molecule has 0 aromatic carbocycles. The highest BCUT2D eigenvalue weighted by molar-refractivity contribution is 5.84. The van der Waals surface area contributed by atoms with Gasteiger partial charge in [0.15, 0.2) is 5.96 Å². The number of amides is 1. The third-order valence-corrected chi connectivity index (χ3v) is 3.88. The van der Waals surface area contributed by atoms with E-state index in [4.69, 9.17) is 4.74 Å². The van der Waals surface area contributed by atoms with Crippen LogP contribution in [0.15, 0.2) is 4.99 Å². The molecule has 0 bridgehead atoms. The number of likely N-dealkylation sites (N-methyl/N-ethyl adjacent to an activating group) is 2. The summed E-state index contributed by atoms with van der Waals surface area (Å²) in [5.41, 5.74) is 0. The smallest absolute Gasteiger partial charge is 0.243 e. The van der Waals surface area contributed by atoms with Crippen LogP contribution in [0.2, 0.25) is 0 Å². The summed E-state index contributed by atoms with van der Waals surface area (Å²) in [4.78, 5) is 20.0. The Morgan fingerprint density at radius 2 is 2.18 bits per heavy atom. The Balaban J connectivity index is 2.49. The van der Waals surface area contributed by atoms with Crippen molar-refractivity contribution in [1.82, 2.24) is 20.4 Å². The quantitative estimate of drug-likeness (QED) is 0.367. The largest absolute Gasteiger partial charge is 0.383 e. The number of nitrogens with one attached hydrogen (secondary N) is 2. The van der Waals surface area contributed by atoms with E-state index in [-0.39, 0.29) is 12.5 Å². The monoisotopic (exact) mass is 313 g/mol. The van der Waals surface area contributed by atoms with Gasteiger partial charge in [0.1, 0.15) is 6.54 Å². The SMILES string of the molecule is CCN1CCCC1CNC(=NCC(=O)N(C)C)NCCOC. The van der Waals surface area contributed by atoms with Gasteiger partial charge in [0.25, 0.3) is 0 Å². The van der Waals surface area contributed by atoms with Crippen LogP contribution in [0.4, 0.5) is 0 Å². The summed E-state index contributed by atoms with van der Waals surface area (Å²) in [6.07, 6.45) is 2.46. The molecule has 0 spiro atoms. The Bertz CT molecular complexity index is 360. The third-order valence-electron chi connectivity index (χ3n) is 3.88. The van der Waals surface area contributed by atoms with Gasteiger partial charge < -0.3 is 20.3 Å². The number of carbonyl (C=O) groups excluding carboxylic acids is 1. The van der Waals surface area contributed by atoms with Crippen LogP contribution in [0.3, 0.4) is 0 Å². The molecule has 128 valence electrons. The first-order valence-electron chi connectivity index (χ1n) is 8.03. The van der Waals surface area contributed by atoms with Crippen LogP contribution in [0.25, 0.3) is 0 Å². The molecule has 0 aromatic heterocycles. The van der Waals surface area contributed by atoms with Crippen LogP contribution in [0.5, 0.6) is 0 Å². The molecule has 0 saturated carbocycles. The van der Waals surface area contributed by atoms with Crippen LogP contribution >= 0.6 is 0 Å². The van der Waals surface area contributed by atoms with E-state index in [1.807, 2.05) is 0 Å². The van der Waals surface area contributed by atoms with Gasteiger partial charge in [-0.05, 0) is 25.9 Å². The maximum atomic E-state index is 11.7. The van der Waals surface area contributed by atoms with Crippen molar-refractivity contribution in [1.29, 1.82) is 0 Å². The molecule has 0 aliphatic carbocycles. The summed E-state index contributed by atoms with van der Waals surface area (Å²) in [7, 11) is 5.14. The van der Waals surface area contributed by atoms with Gasteiger partial charge in [-0.15, -0.1) is 0 Å². The maximum absolute atomic E-state index is 11.7. The third kappa shape index (κ3) is 6.62. The Morgan fingerprint density at radius 3 is 2.82 bits per heavy atom. The van der Waals surface area contributed by atoms with Crippen LogP contribution in [-0.4, -0.2) is 88.2 Å². The lowest BCUT2D eigenvalue weighted by molar-refractivity contribution is -0.127. The molecule has 1 saturated heterocycles. The number of ether oxygens (including phenoxy) is 1. The van der Waals surface area contributed by atoms with E-state index in [0.29, 0.717) is 25.2 Å². The molecule has 2 N–H and O–H groups in total. The number of hydrogen-bond acceptors (Lipinski definition) is 4. The summed E-state index contributed by atoms with van der Waals surface area (Å²) in [5.74, 6) is 0.666. The van der Waals surface area contributed by atoms with E-state index in [2.05, 4.69) is 27.4 Å². The molecule has 1 aliphatic rings. The number of aliphatic imine (C=N–C) groups is 1. The molecule has 1 atom stereocenters. The zero-order chi connectivity index (χ0) is 16.4. The highest BCUT2D eigenvalue weighted by atomic mass is 16.5. The molecule has 7 heteroatoms. The van der Waals surface area contributed by atoms with Crippen LogP contribution in [0, 0.1) is 0 Å². The number of methoxy groups -OCH3 is 1. The van der Waals surface area contributed by atoms with E-state index in [1.165, 1.54) is 19.4 Å². The minimum absolute atomic E-state index is 0.0103. The summed E-state index contributed by atoms with van der Waals surface area (Å²) < 4.78 is 5.04. The highest BCUT2D eigenvalue weighted by Gasteiger charge is 2.22. The zero-order valence-corrected chi connectivity index (χ0v) is 14.4. The van der Waals surface area contributed by atoms with Gasteiger partial charge in [0.2, 0.25) is 5.91 Å². The molecule has 22 heavy (non-hydrogen) atoms. The molecule has 1 aliphatic heterocycles. The molecular formula is C15H31N5O2. The first-order chi connectivity index (χ1) is 10.6. The van der Waals surface area contributed by atoms with E-state index >= 15 is 0 Å². The van der Waals surface area contributed by atoms with Crippen molar-refractivity contribution in [2.75, 3.05) is 60.5 Å². The Hall–Kier alpha value is -1.34. The second-order valence-electron chi connectivity index (χ2n) is 5.68. The van der Waals surface area contributed by atoms with Crippen molar-refractivity contribution >= 4 is 11.9 Å². The van der Waals surface area contributed by atoms with Gasteiger partial charge in [-0.1, -0.05) is 6.92 Å². The standard InChI is InChI=1S/C15H31N5O2/c1-5-20-9-6-7-13(20)11-17-15(16-8-10-22-4)18-12-14(21)19(2)3/h13H,5-12H2,1-4H3,(H2,16,17,18). The van der Waals surface area contributed by atoms with Crippen molar-refractivity contribution in [2.24, 2.45) is 4.99 Å². The summed E-state index contributed by atoms with van der Waals surface area (Å²) >= 11 is 0. The lowest BCUT2D eigenvalue weighted by atomic mass is 10.2. The molecule has 1 unspecified atom stereocenters. The maximum Gasteiger partial charge on any atom is 0.243 e. The fraction of sp³-hybridized carbons (Fsp3) is 0.867. The second kappa shape index (κ2) is 10.4. The molecule has 7 nitrogen and oxygen atoms in total. The van der Waals surface area contributed by atoms with E-state index in [1.54, 1.807) is 26.1 Å². The lowest BCUT2D eigenvalue weighted by Gasteiger charge is -2.24. The van der Waals surface area contributed by atoms with Crippen LogP contribution in [0.1, 0.15) is 19.8 Å². The number of nitrogens with zero attached hydrogens (tertiary/aromatic N) is 3. The van der Waals surface area contributed by atoms with Crippen molar-refractivity contribution < 1.29 is 9.53 Å². The Morgan fingerprint density at radius 1 is 1.41 bits per heavy atom. The predicted molar refractivity (Wildman–Crippen MR) is 89.1 cm³/mol. The van der Waals surface area contributed by atoms with Crippen molar-refractivity contribution in [3.63, 3.8) is 0 Å². The molecule has 1 heterocycles. The summed E-state index contributed by atoms with van der Waals surface area (Å²) in [6.45, 7) is 6.72. The topological polar surface area (TPSA) is 69.2 Å². The van der Waals surface area contributed by atoms with E-state index in [0.717, 1.165) is 13.1 Å². The number of hydrogen-bond donors (Lipinski definition) is 2. The van der Waals surface area contributed by atoms with Crippen LogP contribution in [-0.2, 0) is 9.53 Å². The van der Waals surface area contributed by atoms with E-state index < -0.39 is 0 Å². The lowest BCUT2D eigenvalue weighted by Crippen LogP contribution is -2.46. The van der Waals surface area contributed by atoms with Gasteiger partial charge in [-0.25, -0.2) is 4.99 Å². The first-order valence-corrected chi connectivity index (χ1v) is 8.03. The minimum atomic E-state index is -0.0103. The molecule has 1 fully saturated rings. The van der Waals surface area contributed by atoms with Gasteiger partial charge in [0.05, 0.1) is 6.61 Å². The number of carbonyl (C=O) groups is 1. The van der Waals surface area contributed by atoms with Crippen molar-refractivity contribution in [3.05, 3.63) is 0 Å². The second-order valence-corrected chi connectivity index (χ2v) is 5.68. The van der Waals surface area contributed by atoms with Gasteiger partial charge in [-0.3, -0.25) is 9.69 Å². The highest BCUT2D eigenvalue weighted by Crippen LogP contribution is 2.15. The van der Waals surface area contributed by atoms with Crippen molar-refractivity contribution in [2.45, 2.75) is 25.8 Å². The number of likely N-dealkylation sites (tertiary alicyclic amines) is 1. The van der Waals surface area contributed by atoms with Gasteiger partial charge >= 0.3 is 0 Å². The first kappa shape index (κ1) is 18.7. The average molecular weight is 313 g/mol. The minimum Gasteiger partial charge on any atom is -0.383 e. The van der Waals surface area contributed by atoms with E-state index in [9.17, 15) is 4.79 Å². The van der Waals surface area contributed by atoms with Crippen molar-refractivity contribution in [3.8, 4) is 0 Å². The molecule has 1 rings (SSSR count). The summed E-state index contributed by atoms with van der Waals surface area (Å²) in [6, 6.07) is 0.545. The fourth-order valence-electron chi connectivity index (χ4n) is 2.49. The molecule has 0 radical (unpaired) electrons. The Labute approximate surface area is 134 Å². The number of guanidine groups is 1. The zero-order valence-electron chi connectivity index (χ0n) is 14.4. The summed E-state index contributed by atoms with van der Waals surface area (Å²) in [5, 5.41) is 6.55.